The maximum absolute atomic E-state index is 9.67. The molecule has 1 aromatic rings. The Morgan fingerprint density at radius 3 is 1.79 bits per heavy atom. The molecular formula is C12H20ORf. The molecule has 0 atom stereocenters. The summed E-state index contributed by atoms with van der Waals surface area (Å²) in [4.78, 5) is 0. The van der Waals surface area contributed by atoms with Gasteiger partial charge in [-0.3, -0.25) is 0 Å². The molecule has 0 heterocycles. The van der Waals surface area contributed by atoms with E-state index in [9.17, 15) is 5.11 Å². The van der Waals surface area contributed by atoms with E-state index >= 15 is 0 Å². The number of aliphatic hydroxyl groups is 1. The molecule has 0 aliphatic heterocycles. The van der Waals surface area contributed by atoms with E-state index in [0.717, 1.165) is 11.1 Å². The molecule has 0 saturated heterocycles. The van der Waals surface area contributed by atoms with Crippen molar-refractivity contribution in [2.45, 2.75) is 40.2 Å². The van der Waals surface area contributed by atoms with Gasteiger partial charge in [0, 0.05) is 0 Å². The quantitative estimate of drug-likeness (QED) is 0.701. The first-order valence-corrected chi connectivity index (χ1v) is 4.80. The van der Waals surface area contributed by atoms with Crippen molar-refractivity contribution in [1.82, 2.24) is 0 Å². The monoisotopic (exact) mass is 447 g/mol. The van der Waals surface area contributed by atoms with Gasteiger partial charge in [0.05, 0.1) is 5.60 Å². The zero-order valence-corrected chi connectivity index (χ0v) is 16.4. The molecule has 0 aliphatic carbocycles. The van der Waals surface area contributed by atoms with Gasteiger partial charge in [-0.25, -0.2) is 0 Å². The molecular weight excluding hydrogens is 427 g/mol. The number of rotatable bonds is 1. The van der Waals surface area contributed by atoms with E-state index in [0.29, 0.717) is 0 Å². The minimum absolute atomic E-state index is 0. The summed E-state index contributed by atoms with van der Waals surface area (Å²) >= 11 is 0. The van der Waals surface area contributed by atoms with E-state index in [-0.39, 0.29) is 0 Å². The molecule has 0 amide bonds. The molecule has 0 radical (unpaired) electrons. The third-order valence-electron chi connectivity index (χ3n) is 1.80. The Kier molecular flexibility index (Phi) is 6.05. The summed E-state index contributed by atoms with van der Waals surface area (Å²) in [5.41, 5.74) is 1.42. The summed E-state index contributed by atoms with van der Waals surface area (Å²) in [6, 6.07) is 7.88. The van der Waals surface area contributed by atoms with Gasteiger partial charge in [0.25, 0.3) is 0 Å². The van der Waals surface area contributed by atoms with Gasteiger partial charge < -0.3 is 5.11 Å². The van der Waals surface area contributed by atoms with Crippen molar-refractivity contribution in [1.29, 1.82) is 0 Å². The van der Waals surface area contributed by atoms with Crippen LogP contribution in [-0.2, 0) is 5.60 Å². The van der Waals surface area contributed by atoms with Gasteiger partial charge in [-0.15, -0.1) is 0 Å². The second kappa shape index (κ2) is 5.76. The van der Waals surface area contributed by atoms with E-state index in [1.165, 1.54) is 0 Å². The molecule has 0 aliphatic rings. The van der Waals surface area contributed by atoms with Crippen molar-refractivity contribution >= 4 is 0 Å². The predicted molar refractivity (Wildman–Crippen MR) is 57.8 cm³/mol. The first-order chi connectivity index (χ1) is 6.02. The van der Waals surface area contributed by atoms with Crippen LogP contribution < -0.4 is 0 Å². The van der Waals surface area contributed by atoms with E-state index in [2.05, 4.69) is 0 Å². The fourth-order valence-corrected chi connectivity index (χ4v) is 1.26. The normalized spacial score (nSPS) is 9.57. The molecule has 1 aromatic carbocycles. The molecule has 0 unspecified atom stereocenters. The molecule has 1 nitrogen and oxygen atoms in total. The zero-order chi connectivity index (χ0) is 10.5. The van der Waals surface area contributed by atoms with Crippen molar-refractivity contribution in [2.75, 3.05) is 0 Å². The van der Waals surface area contributed by atoms with Crippen LogP contribution >= 0.6 is 0 Å². The van der Waals surface area contributed by atoms with Crippen molar-refractivity contribution in [2.24, 2.45) is 0 Å². The van der Waals surface area contributed by atoms with Crippen molar-refractivity contribution < 1.29 is 5.11 Å². The first-order valence-electron chi connectivity index (χ1n) is 4.80. The van der Waals surface area contributed by atoms with Crippen LogP contribution in [0.1, 0.15) is 38.8 Å². The van der Waals surface area contributed by atoms with Gasteiger partial charge in [0.15, 0.2) is 0 Å². The summed E-state index contributed by atoms with van der Waals surface area (Å²) < 4.78 is 0. The van der Waals surface area contributed by atoms with Crippen LogP contribution in [0, 0.1) is 6.92 Å². The molecule has 1 rings (SSSR count). The number of hydrogen-bond donors (Lipinski definition) is 1. The van der Waals surface area contributed by atoms with Crippen LogP contribution in [-0.4, -0.2) is 5.11 Å². The molecule has 2 heteroatoms. The minimum Gasteiger partial charge on any atom is -0.386 e. The summed E-state index contributed by atoms with van der Waals surface area (Å²) in [5.74, 6) is 0. The van der Waals surface area contributed by atoms with Crippen LogP contribution in [0.2, 0.25) is 0 Å². The molecule has 1 N–H and O–H groups in total. The Labute approximate surface area is 81.4 Å². The first kappa shape index (κ1) is 14.7. The van der Waals surface area contributed by atoms with Gasteiger partial charge >= 0.3 is 0 Å². The van der Waals surface area contributed by atoms with Crippen LogP contribution in [0.4, 0.5) is 0 Å². The minimum atomic E-state index is -0.717. The standard InChI is InChI=1S/C10H14O.C2H6.Rf/c1-8-6-4-5-7-9(8)10(2,3)11;1-2;/h4-7,11H,1-3H3;1-2H3;. The molecule has 0 spiro atoms. The topological polar surface area (TPSA) is 20.2 Å². The molecule has 0 aromatic heterocycles. The van der Waals surface area contributed by atoms with Crippen molar-refractivity contribution in [3.63, 3.8) is 0 Å². The predicted octanol–water partition coefficient (Wildman–Crippen LogP) is 3.25. The number of benzene rings is 1. The Morgan fingerprint density at radius 2 is 1.50 bits per heavy atom. The Hall–Kier alpha value is -1.82. The Bertz CT molecular complexity index is 251. The zero-order valence-electron chi connectivity index (χ0n) is 9.96. The Morgan fingerprint density at radius 1 is 1.07 bits per heavy atom. The number of aryl methyl sites for hydroxylation is 1. The summed E-state index contributed by atoms with van der Waals surface area (Å²) in [6.45, 7) is 9.61. The molecule has 0 bridgehead atoms. The average Bonchev–Trinajstić information content (AvgIpc) is 2.07. The SMILES string of the molecule is CC.Cc1ccccc1C(C)(C)O.[Rf]. The van der Waals surface area contributed by atoms with E-state index < -0.39 is 5.60 Å². The molecule has 0 fully saturated rings. The molecule has 14 heavy (non-hydrogen) atoms. The summed E-state index contributed by atoms with van der Waals surface area (Å²) in [5, 5.41) is 9.67. The maximum Gasteiger partial charge on any atom is 0.0843 e. The van der Waals surface area contributed by atoms with Crippen LogP contribution in [0.5, 0.6) is 0 Å². The largest absolute Gasteiger partial charge is 0.386 e. The fraction of sp³-hybridized carbons (Fsp3) is 0.500. The van der Waals surface area contributed by atoms with Gasteiger partial charge in [-0.1, -0.05) is 38.1 Å². The second-order valence-electron chi connectivity index (χ2n) is 3.37. The van der Waals surface area contributed by atoms with Gasteiger partial charge in [-0.2, -0.15) is 0 Å². The fourth-order valence-electron chi connectivity index (χ4n) is 1.26. The smallest absolute Gasteiger partial charge is 0.0843 e. The molecule has 0 saturated carbocycles. The van der Waals surface area contributed by atoms with Crippen LogP contribution in [0.25, 0.3) is 0 Å². The number of hydrogen-bond acceptors (Lipinski definition) is 1. The van der Waals surface area contributed by atoms with Crippen LogP contribution in [0.3, 0.4) is 0 Å². The Balaban J connectivity index is 0. The summed E-state index contributed by atoms with van der Waals surface area (Å²) in [6.07, 6.45) is 0. The van der Waals surface area contributed by atoms with Crippen LogP contribution in [0.15, 0.2) is 24.3 Å². The third-order valence-corrected chi connectivity index (χ3v) is 1.80. The van der Waals surface area contributed by atoms with E-state index in [4.69, 9.17) is 0 Å². The maximum atomic E-state index is 9.67. The van der Waals surface area contributed by atoms with Crippen molar-refractivity contribution in [3.8, 4) is 0 Å². The van der Waals surface area contributed by atoms with E-state index in [1.54, 1.807) is 13.8 Å². The second-order valence-corrected chi connectivity index (χ2v) is 3.37. The van der Waals surface area contributed by atoms with Gasteiger partial charge in [0.2, 0.25) is 0 Å². The van der Waals surface area contributed by atoms with E-state index in [1.807, 2.05) is 45.0 Å². The molecule has 76 valence electrons. The average molecular weight is 447 g/mol. The van der Waals surface area contributed by atoms with Gasteiger partial charge in [0.1, 0.15) is 0 Å². The third kappa shape index (κ3) is 3.72. The van der Waals surface area contributed by atoms with Crippen molar-refractivity contribution in [3.05, 3.63) is 35.4 Å². The summed E-state index contributed by atoms with van der Waals surface area (Å²) in [7, 11) is 0. The van der Waals surface area contributed by atoms with Gasteiger partial charge in [-0.05, 0) is 31.9 Å².